The van der Waals surface area contributed by atoms with Crippen LogP contribution in [0.1, 0.15) is 12.5 Å². The van der Waals surface area contributed by atoms with E-state index in [4.69, 9.17) is 5.11 Å². The molecular formula is C10H16N2O. The first-order valence-corrected chi connectivity index (χ1v) is 4.40. The van der Waals surface area contributed by atoms with Crippen LogP contribution in [-0.4, -0.2) is 30.3 Å². The molecule has 0 aromatic carbocycles. The summed E-state index contributed by atoms with van der Waals surface area (Å²) in [6.07, 6.45) is 2.18. The van der Waals surface area contributed by atoms with Crippen LogP contribution in [0.4, 0.5) is 5.82 Å². The summed E-state index contributed by atoms with van der Waals surface area (Å²) in [6.45, 7) is 1.78. The van der Waals surface area contributed by atoms with Crippen molar-refractivity contribution < 1.29 is 5.11 Å². The van der Waals surface area contributed by atoms with Gasteiger partial charge >= 0.3 is 0 Å². The van der Waals surface area contributed by atoms with Gasteiger partial charge in [0.1, 0.15) is 5.82 Å². The van der Waals surface area contributed by atoms with Gasteiger partial charge in [0.15, 0.2) is 0 Å². The number of hydrogen-bond acceptors (Lipinski definition) is 3. The Bertz CT molecular complexity index is 254. The predicted octanol–water partition coefficient (Wildman–Crippen LogP) is 1.07. The quantitative estimate of drug-likeness (QED) is 0.756. The number of pyridine rings is 1. The van der Waals surface area contributed by atoms with Crippen molar-refractivity contribution in [1.29, 1.82) is 0 Å². The maximum atomic E-state index is 9.15. The Kier molecular flexibility index (Phi) is 3.25. The summed E-state index contributed by atoms with van der Waals surface area (Å²) in [5.41, 5.74) is 1.07. The molecule has 1 unspecified atom stereocenters. The fourth-order valence-corrected chi connectivity index (χ4v) is 1.14. The molecule has 0 fully saturated rings. The fourth-order valence-electron chi connectivity index (χ4n) is 1.14. The summed E-state index contributed by atoms with van der Waals surface area (Å²) in [7, 11) is 3.91. The van der Waals surface area contributed by atoms with E-state index in [1.807, 2.05) is 37.3 Å². The van der Waals surface area contributed by atoms with Crippen LogP contribution in [-0.2, 0) is 6.42 Å². The number of aromatic nitrogens is 1. The third-order valence-corrected chi connectivity index (χ3v) is 1.80. The molecule has 1 heterocycles. The van der Waals surface area contributed by atoms with E-state index >= 15 is 0 Å². The smallest absolute Gasteiger partial charge is 0.127 e. The highest BCUT2D eigenvalue weighted by atomic mass is 16.3. The van der Waals surface area contributed by atoms with E-state index in [1.54, 1.807) is 6.92 Å². The van der Waals surface area contributed by atoms with Crippen LogP contribution < -0.4 is 4.90 Å². The van der Waals surface area contributed by atoms with Gasteiger partial charge in [-0.1, -0.05) is 6.07 Å². The summed E-state index contributed by atoms with van der Waals surface area (Å²) in [5, 5.41) is 9.15. The van der Waals surface area contributed by atoms with Crippen LogP contribution in [0.3, 0.4) is 0 Å². The minimum absolute atomic E-state index is 0.299. The number of hydrogen-bond donors (Lipinski definition) is 1. The van der Waals surface area contributed by atoms with E-state index in [2.05, 4.69) is 4.98 Å². The predicted molar refractivity (Wildman–Crippen MR) is 53.9 cm³/mol. The first kappa shape index (κ1) is 9.99. The SMILES string of the molecule is CC(O)Cc1ccc(N(C)C)nc1. The van der Waals surface area contributed by atoms with Gasteiger partial charge in [0.05, 0.1) is 6.10 Å². The zero-order valence-corrected chi connectivity index (χ0v) is 8.36. The van der Waals surface area contributed by atoms with Crippen molar-refractivity contribution in [3.05, 3.63) is 23.9 Å². The van der Waals surface area contributed by atoms with E-state index in [0.717, 1.165) is 11.4 Å². The molecule has 13 heavy (non-hydrogen) atoms. The van der Waals surface area contributed by atoms with E-state index in [1.165, 1.54) is 0 Å². The van der Waals surface area contributed by atoms with Gasteiger partial charge in [-0.3, -0.25) is 0 Å². The van der Waals surface area contributed by atoms with Crippen LogP contribution >= 0.6 is 0 Å². The van der Waals surface area contributed by atoms with E-state index < -0.39 is 0 Å². The van der Waals surface area contributed by atoms with Crippen molar-refractivity contribution in [2.75, 3.05) is 19.0 Å². The second-order valence-electron chi connectivity index (χ2n) is 3.47. The number of nitrogens with zero attached hydrogens (tertiary/aromatic N) is 2. The second kappa shape index (κ2) is 4.23. The average molecular weight is 180 g/mol. The van der Waals surface area contributed by atoms with E-state index in [-0.39, 0.29) is 6.10 Å². The standard InChI is InChI=1S/C10H16N2O/c1-8(13)6-9-4-5-10(11-7-9)12(2)3/h4-5,7-8,13H,6H2,1-3H3. The molecule has 3 nitrogen and oxygen atoms in total. The lowest BCUT2D eigenvalue weighted by molar-refractivity contribution is 0.195. The van der Waals surface area contributed by atoms with Gasteiger partial charge in [0.25, 0.3) is 0 Å². The topological polar surface area (TPSA) is 36.4 Å². The third kappa shape index (κ3) is 3.03. The van der Waals surface area contributed by atoms with E-state index in [0.29, 0.717) is 6.42 Å². The molecule has 1 aromatic heterocycles. The fraction of sp³-hybridized carbons (Fsp3) is 0.500. The first-order chi connectivity index (χ1) is 6.09. The molecule has 0 aliphatic rings. The summed E-state index contributed by atoms with van der Waals surface area (Å²) in [6, 6.07) is 3.95. The Hall–Kier alpha value is -1.09. The maximum Gasteiger partial charge on any atom is 0.127 e. The molecule has 72 valence electrons. The van der Waals surface area contributed by atoms with E-state index in [9.17, 15) is 0 Å². The molecule has 1 N–H and O–H groups in total. The Balaban J connectivity index is 2.70. The summed E-state index contributed by atoms with van der Waals surface area (Å²) in [4.78, 5) is 6.20. The zero-order chi connectivity index (χ0) is 9.84. The average Bonchev–Trinajstić information content (AvgIpc) is 2.04. The van der Waals surface area contributed by atoms with Gasteiger partial charge in [0, 0.05) is 20.3 Å². The van der Waals surface area contributed by atoms with Gasteiger partial charge in [0.2, 0.25) is 0 Å². The van der Waals surface area contributed by atoms with Crippen LogP contribution in [0.15, 0.2) is 18.3 Å². The Labute approximate surface area is 79.0 Å². The normalized spacial score (nSPS) is 12.6. The molecule has 0 aliphatic heterocycles. The maximum absolute atomic E-state index is 9.15. The molecular weight excluding hydrogens is 164 g/mol. The summed E-state index contributed by atoms with van der Waals surface area (Å²) < 4.78 is 0. The van der Waals surface area contributed by atoms with Gasteiger partial charge in [-0.25, -0.2) is 4.98 Å². The van der Waals surface area contributed by atoms with Crippen molar-refractivity contribution >= 4 is 5.82 Å². The molecule has 0 amide bonds. The Morgan fingerprint density at radius 3 is 2.54 bits per heavy atom. The Morgan fingerprint density at radius 1 is 1.46 bits per heavy atom. The molecule has 1 aromatic rings. The van der Waals surface area contributed by atoms with Crippen molar-refractivity contribution in [3.8, 4) is 0 Å². The largest absolute Gasteiger partial charge is 0.393 e. The molecule has 3 heteroatoms. The number of anilines is 1. The van der Waals surface area contributed by atoms with Crippen LogP contribution in [0.5, 0.6) is 0 Å². The van der Waals surface area contributed by atoms with Gasteiger partial charge < -0.3 is 10.0 Å². The molecule has 0 saturated carbocycles. The van der Waals surface area contributed by atoms with Crippen molar-refractivity contribution in [2.45, 2.75) is 19.4 Å². The molecule has 0 spiro atoms. The lowest BCUT2D eigenvalue weighted by Gasteiger charge is -2.11. The van der Waals surface area contributed by atoms with Gasteiger partial charge in [-0.2, -0.15) is 0 Å². The lowest BCUT2D eigenvalue weighted by atomic mass is 10.1. The molecule has 0 saturated heterocycles. The molecule has 1 atom stereocenters. The van der Waals surface area contributed by atoms with Crippen LogP contribution in [0.25, 0.3) is 0 Å². The highest BCUT2D eigenvalue weighted by Gasteiger charge is 2.00. The first-order valence-electron chi connectivity index (χ1n) is 4.40. The molecule has 1 rings (SSSR count). The van der Waals surface area contributed by atoms with Crippen LogP contribution in [0.2, 0.25) is 0 Å². The monoisotopic (exact) mass is 180 g/mol. The van der Waals surface area contributed by atoms with Crippen molar-refractivity contribution in [3.63, 3.8) is 0 Å². The molecule has 0 aliphatic carbocycles. The molecule has 0 bridgehead atoms. The number of rotatable bonds is 3. The molecule has 0 radical (unpaired) electrons. The summed E-state index contributed by atoms with van der Waals surface area (Å²) in [5.74, 6) is 0.939. The van der Waals surface area contributed by atoms with Gasteiger partial charge in [-0.05, 0) is 25.0 Å². The highest BCUT2D eigenvalue weighted by Crippen LogP contribution is 2.09. The van der Waals surface area contributed by atoms with Gasteiger partial charge in [-0.15, -0.1) is 0 Å². The number of aliphatic hydroxyl groups excluding tert-OH is 1. The minimum atomic E-state index is -0.299. The number of aliphatic hydroxyl groups is 1. The van der Waals surface area contributed by atoms with Crippen LogP contribution in [0, 0.1) is 0 Å². The third-order valence-electron chi connectivity index (χ3n) is 1.80. The minimum Gasteiger partial charge on any atom is -0.393 e. The highest BCUT2D eigenvalue weighted by molar-refractivity contribution is 5.37. The van der Waals surface area contributed by atoms with Crippen molar-refractivity contribution in [2.24, 2.45) is 0 Å². The lowest BCUT2D eigenvalue weighted by Crippen LogP contribution is -2.11. The zero-order valence-electron chi connectivity index (χ0n) is 8.36. The summed E-state index contributed by atoms with van der Waals surface area (Å²) >= 11 is 0. The van der Waals surface area contributed by atoms with Crippen molar-refractivity contribution in [1.82, 2.24) is 4.98 Å². The second-order valence-corrected chi connectivity index (χ2v) is 3.47. The Morgan fingerprint density at radius 2 is 2.15 bits per heavy atom.